The zero-order valence-corrected chi connectivity index (χ0v) is 21.7. The van der Waals surface area contributed by atoms with Crippen molar-refractivity contribution in [1.29, 1.82) is 0 Å². The van der Waals surface area contributed by atoms with Crippen LogP contribution in [0, 0.1) is 0 Å². The van der Waals surface area contributed by atoms with Gasteiger partial charge in [-0.2, -0.15) is 9.97 Å². The molecule has 2 aromatic heterocycles. The van der Waals surface area contributed by atoms with Crippen molar-refractivity contribution in [3.63, 3.8) is 0 Å². The van der Waals surface area contributed by atoms with E-state index in [2.05, 4.69) is 20.0 Å². The third-order valence-corrected chi connectivity index (χ3v) is 7.04. The molecule has 0 bridgehead atoms. The van der Waals surface area contributed by atoms with Gasteiger partial charge in [-0.05, 0) is 27.7 Å². The van der Waals surface area contributed by atoms with Crippen LogP contribution in [0.5, 0.6) is 0 Å². The molecule has 1 aliphatic heterocycles. The van der Waals surface area contributed by atoms with Gasteiger partial charge in [0, 0.05) is 14.1 Å². The fraction of sp³-hybridized carbons (Fsp3) is 0.684. The lowest BCUT2D eigenvalue weighted by Gasteiger charge is -2.24. The number of aromatic nitrogens is 4. The molecule has 0 aromatic carbocycles. The number of aliphatic hydroxyl groups excluding tert-OH is 1. The van der Waals surface area contributed by atoms with Gasteiger partial charge in [0.05, 0.1) is 19.0 Å². The first-order chi connectivity index (χ1) is 15.8. The number of anilines is 2. The highest BCUT2D eigenvalue weighted by Crippen LogP contribution is 2.43. The Kier molecular flexibility index (Phi) is 8.10. The van der Waals surface area contributed by atoms with Crippen LogP contribution in [-0.2, 0) is 30.6 Å². The van der Waals surface area contributed by atoms with Crippen LogP contribution in [0.25, 0.3) is 11.2 Å². The Hall–Kier alpha value is -1.96. The number of halogens is 1. The third kappa shape index (κ3) is 5.47. The van der Waals surface area contributed by atoms with Crippen molar-refractivity contribution in [2.45, 2.75) is 63.9 Å². The summed E-state index contributed by atoms with van der Waals surface area (Å²) in [6.07, 6.45) is -2.67. The minimum atomic E-state index is -2.20. The second kappa shape index (κ2) is 10.3. The van der Waals surface area contributed by atoms with E-state index in [1.807, 2.05) is 0 Å². The third-order valence-electron chi connectivity index (χ3n) is 5.23. The molecule has 1 fully saturated rings. The number of imidazole rings is 1. The zero-order valence-electron chi connectivity index (χ0n) is 19.9. The Morgan fingerprint density at radius 1 is 1.47 bits per heavy atom. The Labute approximate surface area is 202 Å². The molecule has 0 aliphatic carbocycles. The maximum absolute atomic E-state index is 15.7. The molecule has 0 amide bonds. The molecule has 3 rings (SSSR count). The van der Waals surface area contributed by atoms with E-state index in [-0.39, 0.29) is 24.3 Å². The highest BCUT2D eigenvalue weighted by atomic mass is 32.4. The van der Waals surface area contributed by atoms with Gasteiger partial charge in [0.1, 0.15) is 25.3 Å². The fourth-order valence-electron chi connectivity index (χ4n) is 3.52. The topological polar surface area (TPSA) is 150 Å². The molecule has 2 aromatic rings. The van der Waals surface area contributed by atoms with E-state index in [9.17, 15) is 9.90 Å². The van der Waals surface area contributed by atoms with Gasteiger partial charge < -0.3 is 29.7 Å². The van der Waals surface area contributed by atoms with Crippen LogP contribution in [0.1, 0.15) is 33.9 Å². The molecule has 0 radical (unpaired) electrons. The average Bonchev–Trinajstić information content (AvgIpc) is 3.23. The number of esters is 1. The molecule has 0 spiro atoms. The van der Waals surface area contributed by atoms with Gasteiger partial charge in [0.15, 0.2) is 28.9 Å². The first kappa shape index (κ1) is 26.6. The van der Waals surface area contributed by atoms with E-state index < -0.39 is 43.2 Å². The van der Waals surface area contributed by atoms with Gasteiger partial charge >= 0.3 is 5.97 Å². The number of nitrogen functional groups attached to an aromatic ring is 1. The van der Waals surface area contributed by atoms with Crippen molar-refractivity contribution in [2.75, 3.05) is 31.3 Å². The van der Waals surface area contributed by atoms with Crippen molar-refractivity contribution in [3.8, 4) is 0 Å². The van der Waals surface area contributed by atoms with Crippen LogP contribution in [0.15, 0.2) is 6.33 Å². The molecule has 3 heterocycles. The van der Waals surface area contributed by atoms with E-state index in [0.717, 1.165) is 0 Å². The van der Waals surface area contributed by atoms with Gasteiger partial charge in [-0.15, -0.1) is 0 Å². The van der Waals surface area contributed by atoms with Gasteiger partial charge in [-0.3, -0.25) is 14.4 Å². The van der Waals surface area contributed by atoms with Crippen molar-refractivity contribution < 1.29 is 28.3 Å². The Bertz CT molecular complexity index is 1070. The summed E-state index contributed by atoms with van der Waals surface area (Å²) in [4.78, 5) is 26.3. The number of hydrogen-bond acceptors (Lipinski definition) is 11. The summed E-state index contributed by atoms with van der Waals surface area (Å²) in [5.41, 5.74) is 4.32. The standard InChI is InChI=1S/C19H31FN7O5PS/c1-9(2)31-16(29)10(3)25-33(34)30-7-11-13(28)19(4,20)17(32-11)27-8-22-12-14(26(5)6)23-18(21)24-15(12)27/h8-11,13,17,28,33H,7H2,1-6H3,(H,25,34)(H2,21,23,24)/t10-,11-,13-,17-,19-/m1/s1. The molecule has 34 heavy (non-hydrogen) atoms. The summed E-state index contributed by atoms with van der Waals surface area (Å²) in [7, 11) is 1.46. The molecular formula is C19H31FN7O5PS. The summed E-state index contributed by atoms with van der Waals surface area (Å²) in [6.45, 7) is 6.15. The van der Waals surface area contributed by atoms with Crippen LogP contribution in [0.3, 0.4) is 0 Å². The number of aliphatic hydroxyl groups is 1. The SMILES string of the molecule is CC(C)OC(=O)[C@@H](C)N[PH](=S)OC[C@H]1O[C@@H](n2cnc3c(N(C)C)nc(N)nc32)[C@](C)(F)[C@@H]1O. The lowest BCUT2D eigenvalue weighted by molar-refractivity contribution is -0.148. The summed E-state index contributed by atoms with van der Waals surface area (Å²) in [5.74, 6) is 0.00564. The Morgan fingerprint density at radius 3 is 2.76 bits per heavy atom. The first-order valence-corrected chi connectivity index (χ1v) is 13.2. The molecule has 1 unspecified atom stereocenters. The van der Waals surface area contributed by atoms with E-state index in [0.29, 0.717) is 11.3 Å². The number of ether oxygens (including phenoxy) is 2. The molecule has 1 aliphatic rings. The summed E-state index contributed by atoms with van der Waals surface area (Å²) < 4.78 is 33.6. The maximum atomic E-state index is 15.7. The van der Waals surface area contributed by atoms with Gasteiger partial charge in [0.25, 0.3) is 0 Å². The number of fused-ring (bicyclic) bond motifs is 1. The normalized spacial score (nSPS) is 26.7. The number of carbonyl (C=O) groups is 1. The number of carbonyl (C=O) groups excluding carboxylic acids is 1. The highest BCUT2D eigenvalue weighted by Gasteiger charge is 2.55. The summed E-state index contributed by atoms with van der Waals surface area (Å²) >= 11 is 5.28. The number of rotatable bonds is 9. The highest BCUT2D eigenvalue weighted by molar-refractivity contribution is 8.02. The predicted octanol–water partition coefficient (Wildman–Crippen LogP) is 0.913. The quantitative estimate of drug-likeness (QED) is 0.319. The van der Waals surface area contributed by atoms with Crippen LogP contribution >= 0.6 is 7.07 Å². The molecule has 6 atom stereocenters. The number of nitrogens with two attached hydrogens (primary N) is 1. The largest absolute Gasteiger partial charge is 0.462 e. The van der Waals surface area contributed by atoms with Crippen LogP contribution in [-0.4, -0.2) is 81.3 Å². The second-order valence-electron chi connectivity index (χ2n) is 8.70. The molecular weight excluding hydrogens is 488 g/mol. The monoisotopic (exact) mass is 519 g/mol. The lowest BCUT2D eigenvalue weighted by Crippen LogP contribution is -2.40. The molecule has 1 saturated heterocycles. The van der Waals surface area contributed by atoms with Crippen molar-refractivity contribution in [2.24, 2.45) is 0 Å². The number of nitrogens with one attached hydrogen (secondary N) is 1. The first-order valence-electron chi connectivity index (χ1n) is 10.7. The van der Waals surface area contributed by atoms with Gasteiger partial charge in [0.2, 0.25) is 5.95 Å². The Morgan fingerprint density at radius 2 is 2.15 bits per heavy atom. The van der Waals surface area contributed by atoms with E-state index in [1.165, 1.54) is 17.8 Å². The van der Waals surface area contributed by atoms with Crippen molar-refractivity contribution in [1.82, 2.24) is 24.6 Å². The molecule has 12 nitrogen and oxygen atoms in total. The molecule has 4 N–H and O–H groups in total. The van der Waals surface area contributed by atoms with Crippen LogP contribution < -0.4 is 15.7 Å². The van der Waals surface area contributed by atoms with E-state index >= 15 is 4.39 Å². The Balaban J connectivity index is 1.73. The van der Waals surface area contributed by atoms with Gasteiger partial charge in [-0.25, -0.2) is 9.37 Å². The molecule has 0 saturated carbocycles. The lowest BCUT2D eigenvalue weighted by atomic mass is 9.98. The number of hydrogen-bond donors (Lipinski definition) is 3. The second-order valence-corrected chi connectivity index (χ2v) is 11.0. The minimum Gasteiger partial charge on any atom is -0.462 e. The minimum absolute atomic E-state index is 0.00789. The fourth-order valence-corrected chi connectivity index (χ4v) is 5.13. The number of alkyl halides is 1. The van der Waals surface area contributed by atoms with Crippen LogP contribution in [0.2, 0.25) is 0 Å². The average molecular weight is 520 g/mol. The maximum Gasteiger partial charge on any atom is 0.323 e. The smallest absolute Gasteiger partial charge is 0.323 e. The van der Waals surface area contributed by atoms with Gasteiger partial charge in [-0.1, -0.05) is 11.8 Å². The predicted molar refractivity (Wildman–Crippen MR) is 129 cm³/mol. The van der Waals surface area contributed by atoms with Crippen molar-refractivity contribution >= 4 is 47.8 Å². The number of nitrogens with zero attached hydrogens (tertiary/aromatic N) is 5. The summed E-state index contributed by atoms with van der Waals surface area (Å²) in [5, 5.41) is 13.5. The van der Waals surface area contributed by atoms with Crippen LogP contribution in [0.4, 0.5) is 16.2 Å². The van der Waals surface area contributed by atoms with E-state index in [4.69, 9.17) is 31.5 Å². The van der Waals surface area contributed by atoms with Crippen molar-refractivity contribution in [3.05, 3.63) is 6.33 Å². The molecule has 190 valence electrons. The zero-order chi connectivity index (χ0) is 25.4. The molecule has 15 heteroatoms. The van der Waals surface area contributed by atoms with E-state index in [1.54, 1.807) is 39.8 Å². The summed E-state index contributed by atoms with van der Waals surface area (Å²) in [6, 6.07) is -0.671.